The summed E-state index contributed by atoms with van der Waals surface area (Å²) in [5.41, 5.74) is 3.59. The Morgan fingerprint density at radius 1 is 1.28 bits per heavy atom. The topological polar surface area (TPSA) is 24.9 Å². The first-order chi connectivity index (χ1) is 8.69. The molecule has 0 saturated carbocycles. The van der Waals surface area contributed by atoms with Crippen molar-refractivity contribution in [2.75, 3.05) is 11.9 Å². The molecule has 1 aromatic carbocycles. The molecule has 1 N–H and O–H groups in total. The third kappa shape index (κ3) is 2.17. The van der Waals surface area contributed by atoms with E-state index in [2.05, 4.69) is 17.2 Å². The maximum absolute atomic E-state index is 13.8. The molecule has 0 unspecified atom stereocenters. The van der Waals surface area contributed by atoms with Crippen LogP contribution in [0.2, 0.25) is 0 Å². The van der Waals surface area contributed by atoms with Gasteiger partial charge >= 0.3 is 0 Å². The molecule has 0 aliphatic rings. The van der Waals surface area contributed by atoms with Crippen LogP contribution in [0.5, 0.6) is 0 Å². The summed E-state index contributed by atoms with van der Waals surface area (Å²) >= 11 is 0. The maximum Gasteiger partial charge on any atom is 0.149 e. The average Bonchev–Trinajstić information content (AvgIpc) is 2.38. The van der Waals surface area contributed by atoms with E-state index >= 15 is 0 Å². The molecular formula is C15H19FN2. The molecular weight excluding hydrogens is 227 g/mol. The second kappa shape index (κ2) is 5.34. The maximum atomic E-state index is 13.8. The van der Waals surface area contributed by atoms with Gasteiger partial charge in [0.05, 0.1) is 0 Å². The van der Waals surface area contributed by atoms with Gasteiger partial charge in [-0.25, -0.2) is 9.37 Å². The molecule has 0 spiro atoms. The molecule has 2 aromatic rings. The van der Waals surface area contributed by atoms with Crippen LogP contribution >= 0.6 is 0 Å². The van der Waals surface area contributed by atoms with E-state index in [9.17, 15) is 4.39 Å². The predicted octanol–water partition coefficient (Wildman–Crippen LogP) is 4.07. The lowest BCUT2D eigenvalue weighted by Gasteiger charge is -2.15. The van der Waals surface area contributed by atoms with Gasteiger partial charge < -0.3 is 5.32 Å². The van der Waals surface area contributed by atoms with Crippen molar-refractivity contribution >= 4 is 16.6 Å². The molecule has 0 atom stereocenters. The van der Waals surface area contributed by atoms with Gasteiger partial charge in [-0.05, 0) is 31.4 Å². The molecule has 0 aliphatic heterocycles. The van der Waals surface area contributed by atoms with Gasteiger partial charge in [0.15, 0.2) is 0 Å². The minimum absolute atomic E-state index is 0.248. The van der Waals surface area contributed by atoms with Crippen LogP contribution in [0.1, 0.15) is 31.5 Å². The van der Waals surface area contributed by atoms with Gasteiger partial charge in [-0.1, -0.05) is 26.0 Å². The van der Waals surface area contributed by atoms with E-state index < -0.39 is 0 Å². The number of para-hydroxylation sites is 1. The standard InChI is InChI=1S/C15H19FN2/c1-4-9-17-14-10(3)13(5-2)18-15-11(14)7-6-8-12(15)16/h6-8H,4-5,9H2,1-3H3,(H,17,18). The molecule has 96 valence electrons. The minimum Gasteiger partial charge on any atom is -0.384 e. The molecule has 0 fully saturated rings. The lowest BCUT2D eigenvalue weighted by atomic mass is 10.0. The number of aromatic nitrogens is 1. The highest BCUT2D eigenvalue weighted by atomic mass is 19.1. The number of rotatable bonds is 4. The zero-order valence-corrected chi connectivity index (χ0v) is 11.2. The Balaban J connectivity index is 2.70. The molecule has 0 amide bonds. The highest BCUT2D eigenvalue weighted by Gasteiger charge is 2.12. The average molecular weight is 246 g/mol. The molecule has 1 aromatic heterocycles. The van der Waals surface area contributed by atoms with Crippen LogP contribution in [0.25, 0.3) is 10.9 Å². The Morgan fingerprint density at radius 2 is 2.06 bits per heavy atom. The van der Waals surface area contributed by atoms with E-state index in [0.29, 0.717) is 5.52 Å². The molecule has 0 aliphatic carbocycles. The molecule has 18 heavy (non-hydrogen) atoms. The smallest absolute Gasteiger partial charge is 0.149 e. The van der Waals surface area contributed by atoms with Crippen LogP contribution in [0.4, 0.5) is 10.1 Å². The van der Waals surface area contributed by atoms with E-state index in [1.807, 2.05) is 19.9 Å². The molecule has 0 bridgehead atoms. The number of benzene rings is 1. The van der Waals surface area contributed by atoms with Gasteiger partial charge in [0.25, 0.3) is 0 Å². The lowest BCUT2D eigenvalue weighted by Crippen LogP contribution is -2.06. The molecule has 2 nitrogen and oxygen atoms in total. The number of halogens is 1. The van der Waals surface area contributed by atoms with Crippen molar-refractivity contribution in [2.45, 2.75) is 33.6 Å². The van der Waals surface area contributed by atoms with E-state index in [4.69, 9.17) is 0 Å². The number of pyridine rings is 1. The van der Waals surface area contributed by atoms with Gasteiger partial charge in [-0.15, -0.1) is 0 Å². The van der Waals surface area contributed by atoms with Crippen molar-refractivity contribution in [3.05, 3.63) is 35.3 Å². The number of nitrogens with one attached hydrogen (secondary N) is 1. The molecule has 3 heteroatoms. The van der Waals surface area contributed by atoms with Crippen LogP contribution in [0, 0.1) is 12.7 Å². The quantitative estimate of drug-likeness (QED) is 0.879. The summed E-state index contributed by atoms with van der Waals surface area (Å²) in [7, 11) is 0. The van der Waals surface area contributed by atoms with Crippen molar-refractivity contribution in [2.24, 2.45) is 0 Å². The first kappa shape index (κ1) is 12.8. The van der Waals surface area contributed by atoms with E-state index in [0.717, 1.165) is 41.7 Å². The number of aryl methyl sites for hydroxylation is 1. The number of nitrogens with zero attached hydrogens (tertiary/aromatic N) is 1. The van der Waals surface area contributed by atoms with Crippen LogP contribution in [-0.2, 0) is 6.42 Å². The van der Waals surface area contributed by atoms with Crippen molar-refractivity contribution in [1.82, 2.24) is 4.98 Å². The summed E-state index contributed by atoms with van der Waals surface area (Å²) in [6.07, 6.45) is 1.86. The van der Waals surface area contributed by atoms with E-state index in [1.54, 1.807) is 6.07 Å². The van der Waals surface area contributed by atoms with Gasteiger partial charge in [0, 0.05) is 23.3 Å². The van der Waals surface area contributed by atoms with Gasteiger partial charge in [-0.3, -0.25) is 0 Å². The highest BCUT2D eigenvalue weighted by molar-refractivity contribution is 5.93. The number of fused-ring (bicyclic) bond motifs is 1. The Hall–Kier alpha value is -1.64. The zero-order valence-electron chi connectivity index (χ0n) is 11.2. The number of hydrogen-bond donors (Lipinski definition) is 1. The Bertz CT molecular complexity index is 564. The number of hydrogen-bond acceptors (Lipinski definition) is 2. The van der Waals surface area contributed by atoms with Gasteiger partial charge in [-0.2, -0.15) is 0 Å². The highest BCUT2D eigenvalue weighted by Crippen LogP contribution is 2.29. The van der Waals surface area contributed by atoms with Gasteiger partial charge in [0.1, 0.15) is 11.3 Å². The van der Waals surface area contributed by atoms with Crippen molar-refractivity contribution in [1.29, 1.82) is 0 Å². The lowest BCUT2D eigenvalue weighted by molar-refractivity contribution is 0.636. The monoisotopic (exact) mass is 246 g/mol. The first-order valence-corrected chi connectivity index (χ1v) is 6.50. The van der Waals surface area contributed by atoms with E-state index in [-0.39, 0.29) is 5.82 Å². The van der Waals surface area contributed by atoms with Crippen LogP contribution in [0.15, 0.2) is 18.2 Å². The summed E-state index contributed by atoms with van der Waals surface area (Å²) in [4.78, 5) is 4.45. The largest absolute Gasteiger partial charge is 0.384 e. The Labute approximate surface area is 107 Å². The van der Waals surface area contributed by atoms with Crippen LogP contribution in [-0.4, -0.2) is 11.5 Å². The van der Waals surface area contributed by atoms with Crippen molar-refractivity contribution in [3.63, 3.8) is 0 Å². The van der Waals surface area contributed by atoms with Crippen molar-refractivity contribution in [3.8, 4) is 0 Å². The van der Waals surface area contributed by atoms with Gasteiger partial charge in [0.2, 0.25) is 0 Å². The third-order valence-electron chi connectivity index (χ3n) is 3.20. The van der Waals surface area contributed by atoms with E-state index in [1.165, 1.54) is 6.07 Å². The molecule has 0 radical (unpaired) electrons. The zero-order chi connectivity index (χ0) is 13.1. The second-order valence-electron chi connectivity index (χ2n) is 4.47. The predicted molar refractivity (Wildman–Crippen MR) is 74.6 cm³/mol. The summed E-state index contributed by atoms with van der Waals surface area (Å²) < 4.78 is 13.8. The summed E-state index contributed by atoms with van der Waals surface area (Å²) in [5.74, 6) is -0.248. The fourth-order valence-electron chi connectivity index (χ4n) is 2.22. The Kier molecular flexibility index (Phi) is 3.80. The van der Waals surface area contributed by atoms with Crippen LogP contribution < -0.4 is 5.32 Å². The second-order valence-corrected chi connectivity index (χ2v) is 4.47. The molecule has 1 heterocycles. The fourth-order valence-corrected chi connectivity index (χ4v) is 2.22. The minimum atomic E-state index is -0.248. The normalized spacial score (nSPS) is 10.9. The summed E-state index contributed by atoms with van der Waals surface area (Å²) in [6, 6.07) is 5.13. The molecule has 2 rings (SSSR count). The number of anilines is 1. The third-order valence-corrected chi connectivity index (χ3v) is 3.20. The Morgan fingerprint density at radius 3 is 2.72 bits per heavy atom. The first-order valence-electron chi connectivity index (χ1n) is 6.50. The SMILES string of the molecule is CCCNc1c(C)c(CC)nc2c(F)cccc12. The summed E-state index contributed by atoms with van der Waals surface area (Å²) in [6.45, 7) is 7.10. The molecule has 0 saturated heterocycles. The van der Waals surface area contributed by atoms with Crippen molar-refractivity contribution < 1.29 is 4.39 Å². The van der Waals surface area contributed by atoms with Crippen LogP contribution in [0.3, 0.4) is 0 Å². The fraction of sp³-hybridized carbons (Fsp3) is 0.400. The summed E-state index contributed by atoms with van der Waals surface area (Å²) in [5, 5.41) is 4.27.